The second-order valence-corrected chi connectivity index (χ2v) is 5.24. The maximum absolute atomic E-state index is 11.4. The Kier molecular flexibility index (Phi) is 3.08. The molecule has 0 amide bonds. The van der Waals surface area contributed by atoms with Gasteiger partial charge in [-0.3, -0.25) is 4.79 Å². The van der Waals surface area contributed by atoms with Crippen LogP contribution in [0.5, 0.6) is 0 Å². The van der Waals surface area contributed by atoms with Gasteiger partial charge in [0, 0.05) is 18.8 Å². The molecule has 3 nitrogen and oxygen atoms in total. The maximum Gasteiger partial charge on any atom is 0.306 e. The van der Waals surface area contributed by atoms with E-state index in [0.29, 0.717) is 12.3 Å². The first-order valence-corrected chi connectivity index (χ1v) is 6.64. The molecule has 0 bridgehead atoms. The van der Waals surface area contributed by atoms with Gasteiger partial charge in [-0.25, -0.2) is 0 Å². The van der Waals surface area contributed by atoms with Crippen LogP contribution in [-0.2, 0) is 14.3 Å². The van der Waals surface area contributed by atoms with Gasteiger partial charge in [-0.15, -0.1) is 0 Å². The second kappa shape index (κ2) is 4.73. The minimum absolute atomic E-state index is 0.0280. The number of carbonyl (C=O) groups is 1. The highest BCUT2D eigenvalue weighted by atomic mass is 16.6. The van der Waals surface area contributed by atoms with Crippen molar-refractivity contribution in [2.75, 3.05) is 0 Å². The quantitative estimate of drug-likeness (QED) is 0.715. The molecule has 0 unspecified atom stereocenters. The number of carbonyl (C=O) groups excluding carboxylic acids is 1. The first-order chi connectivity index (χ1) is 8.74. The van der Waals surface area contributed by atoms with Gasteiger partial charge in [0.25, 0.3) is 0 Å². The van der Waals surface area contributed by atoms with E-state index in [2.05, 4.69) is 19.1 Å². The van der Waals surface area contributed by atoms with Gasteiger partial charge in [0.05, 0.1) is 12.2 Å². The molecule has 2 aliphatic rings. The summed E-state index contributed by atoms with van der Waals surface area (Å²) in [6, 6.07) is 10.3. The van der Waals surface area contributed by atoms with Gasteiger partial charge < -0.3 is 9.47 Å². The fourth-order valence-corrected chi connectivity index (χ4v) is 3.06. The molecule has 18 heavy (non-hydrogen) atoms. The summed E-state index contributed by atoms with van der Waals surface area (Å²) in [5.41, 5.74) is 1.19. The van der Waals surface area contributed by atoms with E-state index in [9.17, 15) is 4.79 Å². The van der Waals surface area contributed by atoms with Crippen molar-refractivity contribution in [2.24, 2.45) is 5.92 Å². The van der Waals surface area contributed by atoms with Crippen molar-refractivity contribution in [3.63, 3.8) is 0 Å². The molecule has 2 aliphatic heterocycles. The molecule has 0 saturated carbocycles. The molecule has 0 aromatic heterocycles. The average molecular weight is 246 g/mol. The highest BCUT2D eigenvalue weighted by molar-refractivity contribution is 5.70. The van der Waals surface area contributed by atoms with E-state index in [1.54, 1.807) is 0 Å². The Balaban J connectivity index is 1.86. The summed E-state index contributed by atoms with van der Waals surface area (Å²) >= 11 is 0. The van der Waals surface area contributed by atoms with E-state index >= 15 is 0 Å². The minimum Gasteiger partial charge on any atom is -0.462 e. The lowest BCUT2D eigenvalue weighted by molar-refractivity contribution is -0.188. The molecule has 0 aliphatic carbocycles. The van der Waals surface area contributed by atoms with Gasteiger partial charge in [-0.1, -0.05) is 30.3 Å². The first-order valence-electron chi connectivity index (χ1n) is 6.64. The fraction of sp³-hybridized carbons (Fsp3) is 0.533. The molecule has 3 rings (SSSR count). The van der Waals surface area contributed by atoms with Crippen LogP contribution in [0.1, 0.15) is 37.9 Å². The highest BCUT2D eigenvalue weighted by Crippen LogP contribution is 2.42. The average Bonchev–Trinajstić information content (AvgIpc) is 2.38. The van der Waals surface area contributed by atoms with E-state index < -0.39 is 0 Å². The normalized spacial score (nSPS) is 35.7. The van der Waals surface area contributed by atoms with Crippen molar-refractivity contribution in [3.8, 4) is 0 Å². The van der Waals surface area contributed by atoms with E-state index in [1.165, 1.54) is 5.56 Å². The molecule has 3 heteroatoms. The molecule has 4 atom stereocenters. The fourth-order valence-electron chi connectivity index (χ4n) is 3.06. The van der Waals surface area contributed by atoms with E-state index in [0.717, 1.165) is 12.8 Å². The van der Waals surface area contributed by atoms with Gasteiger partial charge >= 0.3 is 5.97 Å². The van der Waals surface area contributed by atoms with Gasteiger partial charge in [0.15, 0.2) is 0 Å². The van der Waals surface area contributed by atoms with Crippen molar-refractivity contribution in [2.45, 2.75) is 44.5 Å². The molecule has 1 aromatic carbocycles. The van der Waals surface area contributed by atoms with Gasteiger partial charge in [-0.2, -0.15) is 0 Å². The van der Waals surface area contributed by atoms with Crippen LogP contribution in [0, 0.1) is 5.92 Å². The van der Waals surface area contributed by atoms with Crippen molar-refractivity contribution < 1.29 is 14.3 Å². The number of fused-ring (bicyclic) bond motifs is 1. The Hall–Kier alpha value is -1.35. The van der Waals surface area contributed by atoms with E-state index in [-0.39, 0.29) is 24.3 Å². The zero-order valence-electron chi connectivity index (χ0n) is 10.5. The predicted molar refractivity (Wildman–Crippen MR) is 67.0 cm³/mol. The summed E-state index contributed by atoms with van der Waals surface area (Å²) < 4.78 is 11.6. The molecule has 2 saturated heterocycles. The Bertz CT molecular complexity index is 429. The molecule has 96 valence electrons. The van der Waals surface area contributed by atoms with E-state index in [1.807, 2.05) is 18.2 Å². The summed E-state index contributed by atoms with van der Waals surface area (Å²) in [7, 11) is 0. The van der Waals surface area contributed by atoms with Crippen LogP contribution in [0.4, 0.5) is 0 Å². The summed E-state index contributed by atoms with van der Waals surface area (Å²) in [5.74, 6) is 0.249. The Morgan fingerprint density at radius 2 is 2.00 bits per heavy atom. The van der Waals surface area contributed by atoms with Crippen LogP contribution < -0.4 is 0 Å². The summed E-state index contributed by atoms with van der Waals surface area (Å²) in [4.78, 5) is 11.4. The number of hydrogen-bond acceptors (Lipinski definition) is 3. The topological polar surface area (TPSA) is 35.5 Å². The molecule has 1 aromatic rings. The van der Waals surface area contributed by atoms with Crippen LogP contribution in [0.25, 0.3) is 0 Å². The van der Waals surface area contributed by atoms with Gasteiger partial charge in [0.2, 0.25) is 0 Å². The molecule has 2 fully saturated rings. The number of ether oxygens (including phenoxy) is 2. The molecule has 0 N–H and O–H groups in total. The molecular weight excluding hydrogens is 228 g/mol. The maximum atomic E-state index is 11.4. The lowest BCUT2D eigenvalue weighted by Gasteiger charge is -2.43. The largest absolute Gasteiger partial charge is 0.462 e. The molecule has 0 spiro atoms. The van der Waals surface area contributed by atoms with Crippen molar-refractivity contribution in [1.29, 1.82) is 0 Å². The summed E-state index contributed by atoms with van der Waals surface area (Å²) in [6.07, 6.45) is 2.44. The van der Waals surface area contributed by atoms with Crippen LogP contribution in [0.2, 0.25) is 0 Å². The molecule has 2 heterocycles. The van der Waals surface area contributed by atoms with Gasteiger partial charge in [-0.05, 0) is 18.9 Å². The third-order valence-corrected chi connectivity index (χ3v) is 3.90. The minimum atomic E-state index is -0.0582. The predicted octanol–water partition coefficient (Wildman–Crippen LogP) is 2.86. The third-order valence-electron chi connectivity index (χ3n) is 3.90. The standard InChI is InChI=1S/C15H18O3/c1-10-9-13-12(7-8-14(16)18-13)15(17-10)11-5-3-2-4-6-11/h2-6,10,12-13,15H,7-9H2,1H3/t10-,12-,13+,15+/m1/s1. The van der Waals surface area contributed by atoms with Crippen molar-refractivity contribution in [3.05, 3.63) is 35.9 Å². The van der Waals surface area contributed by atoms with E-state index in [4.69, 9.17) is 9.47 Å². The lowest BCUT2D eigenvalue weighted by atomic mass is 9.81. The number of esters is 1. The zero-order valence-corrected chi connectivity index (χ0v) is 10.5. The Morgan fingerprint density at radius 3 is 2.78 bits per heavy atom. The van der Waals surface area contributed by atoms with Crippen LogP contribution in [-0.4, -0.2) is 18.2 Å². The van der Waals surface area contributed by atoms with Crippen LogP contribution in [0.3, 0.4) is 0 Å². The van der Waals surface area contributed by atoms with Crippen molar-refractivity contribution >= 4 is 5.97 Å². The monoisotopic (exact) mass is 246 g/mol. The van der Waals surface area contributed by atoms with Crippen molar-refractivity contribution in [1.82, 2.24) is 0 Å². The molecular formula is C15H18O3. The van der Waals surface area contributed by atoms with Crippen LogP contribution >= 0.6 is 0 Å². The number of rotatable bonds is 1. The summed E-state index contributed by atoms with van der Waals surface area (Å²) in [5, 5.41) is 0. The lowest BCUT2D eigenvalue weighted by Crippen LogP contribution is -2.44. The molecule has 0 radical (unpaired) electrons. The SMILES string of the molecule is C[C@@H]1C[C@@H]2OC(=O)CC[C@H]2[C@H](c2ccccc2)O1. The Labute approximate surface area is 107 Å². The number of hydrogen-bond donors (Lipinski definition) is 0. The summed E-state index contributed by atoms with van der Waals surface area (Å²) in [6.45, 7) is 2.05. The first kappa shape index (κ1) is 11.7. The second-order valence-electron chi connectivity index (χ2n) is 5.24. The zero-order chi connectivity index (χ0) is 12.5. The smallest absolute Gasteiger partial charge is 0.306 e. The number of benzene rings is 1. The van der Waals surface area contributed by atoms with Crippen LogP contribution in [0.15, 0.2) is 30.3 Å². The highest BCUT2D eigenvalue weighted by Gasteiger charge is 2.42. The Morgan fingerprint density at radius 1 is 1.22 bits per heavy atom. The third kappa shape index (κ3) is 2.15. The van der Waals surface area contributed by atoms with Gasteiger partial charge in [0.1, 0.15) is 6.10 Å².